The van der Waals surface area contributed by atoms with Gasteiger partial charge in [0.05, 0.1) is 40.0 Å². The van der Waals surface area contributed by atoms with Crippen molar-refractivity contribution < 1.29 is 18.7 Å². The van der Waals surface area contributed by atoms with Gasteiger partial charge in [-0.3, -0.25) is 4.90 Å². The van der Waals surface area contributed by atoms with E-state index in [4.69, 9.17) is 18.7 Å². The zero-order valence-corrected chi connectivity index (χ0v) is 17.9. The molecule has 1 aromatic carbocycles. The zero-order chi connectivity index (χ0) is 21.2. The van der Waals surface area contributed by atoms with Crippen LogP contribution in [0.1, 0.15) is 24.2 Å². The average Bonchev–Trinajstić information content (AvgIpc) is 3.31. The number of morpholine rings is 1. The topological polar surface area (TPSA) is 93.4 Å². The van der Waals surface area contributed by atoms with E-state index in [2.05, 4.69) is 31.7 Å². The molecule has 0 radical (unpaired) electrons. The van der Waals surface area contributed by atoms with Crippen LogP contribution >= 0.6 is 0 Å². The van der Waals surface area contributed by atoms with Crippen LogP contribution in [0.15, 0.2) is 40.0 Å². The fourth-order valence-corrected chi connectivity index (χ4v) is 3.42. The molecule has 2 aromatic rings. The third kappa shape index (κ3) is 5.87. The molecule has 1 saturated heterocycles. The van der Waals surface area contributed by atoms with Crippen molar-refractivity contribution >= 4 is 5.96 Å². The Bertz CT molecular complexity index is 791. The van der Waals surface area contributed by atoms with Gasteiger partial charge >= 0.3 is 0 Å². The van der Waals surface area contributed by atoms with E-state index >= 15 is 0 Å². The summed E-state index contributed by atoms with van der Waals surface area (Å²) < 4.78 is 21.3. The third-order valence-electron chi connectivity index (χ3n) is 4.98. The van der Waals surface area contributed by atoms with E-state index in [1.165, 1.54) is 0 Å². The van der Waals surface area contributed by atoms with Crippen LogP contribution in [0.5, 0.6) is 11.5 Å². The van der Waals surface area contributed by atoms with Crippen LogP contribution in [0.3, 0.4) is 0 Å². The Morgan fingerprint density at radius 3 is 2.63 bits per heavy atom. The molecule has 164 valence electrons. The van der Waals surface area contributed by atoms with Gasteiger partial charge in [-0.2, -0.15) is 0 Å². The molecule has 1 atom stereocenters. The van der Waals surface area contributed by atoms with E-state index in [0.717, 1.165) is 61.6 Å². The normalized spacial score (nSPS) is 16.2. The average molecular weight is 418 g/mol. The van der Waals surface area contributed by atoms with Gasteiger partial charge in [0.15, 0.2) is 17.5 Å². The van der Waals surface area contributed by atoms with Gasteiger partial charge in [0, 0.05) is 32.2 Å². The predicted molar refractivity (Wildman–Crippen MR) is 114 cm³/mol. The number of ether oxygens (including phenoxy) is 3. The Morgan fingerprint density at radius 1 is 1.17 bits per heavy atom. The summed E-state index contributed by atoms with van der Waals surface area (Å²) in [6.45, 7) is 7.13. The summed E-state index contributed by atoms with van der Waals surface area (Å²) in [7, 11) is 3.30. The van der Waals surface area contributed by atoms with E-state index in [1.54, 1.807) is 20.5 Å². The SMILES string of the molecule is CCNC(=NCc1ccon1)NCC(c1ccc(OC)c(OC)c1)N1CCOCC1. The molecule has 30 heavy (non-hydrogen) atoms. The monoisotopic (exact) mass is 417 g/mol. The first-order valence-corrected chi connectivity index (χ1v) is 10.2. The second kappa shape index (κ2) is 11.4. The molecule has 9 heteroatoms. The van der Waals surface area contributed by atoms with Crippen molar-refractivity contribution in [3.63, 3.8) is 0 Å². The molecule has 0 saturated carbocycles. The second-order valence-corrected chi connectivity index (χ2v) is 6.85. The molecule has 1 aliphatic rings. The van der Waals surface area contributed by atoms with Gasteiger partial charge in [-0.15, -0.1) is 0 Å². The number of hydrogen-bond acceptors (Lipinski definition) is 7. The summed E-state index contributed by atoms with van der Waals surface area (Å²) >= 11 is 0. The highest BCUT2D eigenvalue weighted by molar-refractivity contribution is 5.79. The predicted octanol–water partition coefficient (Wildman–Crippen LogP) is 1.82. The lowest BCUT2D eigenvalue weighted by atomic mass is 10.0. The standard InChI is InChI=1S/C21H31N5O4/c1-4-22-21(23-14-17-7-10-30-25-17)24-15-18(26-8-11-29-12-9-26)16-5-6-19(27-2)20(13-16)28-3/h5-7,10,13,18H,4,8-9,11-12,14-15H2,1-3H3,(H2,22,23,24). The molecule has 0 aliphatic carbocycles. The van der Waals surface area contributed by atoms with Gasteiger partial charge < -0.3 is 29.4 Å². The van der Waals surface area contributed by atoms with Crippen molar-refractivity contribution in [2.24, 2.45) is 4.99 Å². The van der Waals surface area contributed by atoms with Crippen molar-refractivity contribution in [3.05, 3.63) is 41.8 Å². The third-order valence-corrected chi connectivity index (χ3v) is 4.98. The van der Waals surface area contributed by atoms with Crippen molar-refractivity contribution in [2.45, 2.75) is 19.5 Å². The molecule has 1 aliphatic heterocycles. The van der Waals surface area contributed by atoms with Crippen LogP contribution in [-0.2, 0) is 11.3 Å². The molecule has 0 amide bonds. The van der Waals surface area contributed by atoms with Crippen molar-refractivity contribution in [2.75, 3.05) is 53.6 Å². The van der Waals surface area contributed by atoms with E-state index in [1.807, 2.05) is 25.1 Å². The molecule has 2 N–H and O–H groups in total. The Hall–Kier alpha value is -2.78. The minimum Gasteiger partial charge on any atom is -0.493 e. The first-order valence-electron chi connectivity index (χ1n) is 10.2. The van der Waals surface area contributed by atoms with Gasteiger partial charge in [0.1, 0.15) is 12.0 Å². The Kier molecular flexibility index (Phi) is 8.34. The summed E-state index contributed by atoms with van der Waals surface area (Å²) in [5.74, 6) is 2.18. The van der Waals surface area contributed by atoms with Gasteiger partial charge in [0.25, 0.3) is 0 Å². The van der Waals surface area contributed by atoms with Crippen LogP contribution in [0.4, 0.5) is 0 Å². The summed E-state index contributed by atoms with van der Waals surface area (Å²) in [6.07, 6.45) is 1.55. The quantitative estimate of drug-likeness (QED) is 0.471. The van der Waals surface area contributed by atoms with E-state index in [-0.39, 0.29) is 6.04 Å². The number of aliphatic imine (C=N–C) groups is 1. The first kappa shape index (κ1) is 21.9. The van der Waals surface area contributed by atoms with Gasteiger partial charge in [-0.05, 0) is 24.6 Å². The fourth-order valence-electron chi connectivity index (χ4n) is 3.42. The van der Waals surface area contributed by atoms with E-state index < -0.39 is 0 Å². The molecule has 9 nitrogen and oxygen atoms in total. The summed E-state index contributed by atoms with van der Waals surface area (Å²) in [5.41, 5.74) is 1.94. The summed E-state index contributed by atoms with van der Waals surface area (Å²) in [4.78, 5) is 7.03. The maximum atomic E-state index is 5.55. The minimum atomic E-state index is 0.129. The van der Waals surface area contributed by atoms with Crippen molar-refractivity contribution in [3.8, 4) is 11.5 Å². The summed E-state index contributed by atoms with van der Waals surface area (Å²) in [5, 5.41) is 10.7. The zero-order valence-electron chi connectivity index (χ0n) is 17.9. The van der Waals surface area contributed by atoms with Crippen LogP contribution in [0.25, 0.3) is 0 Å². The molecule has 0 bridgehead atoms. The number of benzene rings is 1. The maximum Gasteiger partial charge on any atom is 0.191 e. The Labute approximate surface area is 177 Å². The highest BCUT2D eigenvalue weighted by Gasteiger charge is 2.24. The van der Waals surface area contributed by atoms with E-state index in [0.29, 0.717) is 13.1 Å². The molecule has 1 fully saturated rings. The Balaban J connectivity index is 1.77. The molecule has 0 spiro atoms. The molecular weight excluding hydrogens is 386 g/mol. The van der Waals surface area contributed by atoms with Gasteiger partial charge in [-0.25, -0.2) is 4.99 Å². The number of nitrogens with one attached hydrogen (secondary N) is 2. The first-order chi connectivity index (χ1) is 14.7. The number of hydrogen-bond donors (Lipinski definition) is 2. The molecular formula is C21H31N5O4. The highest BCUT2D eigenvalue weighted by atomic mass is 16.5. The van der Waals surface area contributed by atoms with Gasteiger partial charge in [-0.1, -0.05) is 11.2 Å². The lowest BCUT2D eigenvalue weighted by molar-refractivity contribution is 0.0169. The van der Waals surface area contributed by atoms with Crippen molar-refractivity contribution in [1.82, 2.24) is 20.7 Å². The van der Waals surface area contributed by atoms with Gasteiger partial charge in [0.2, 0.25) is 0 Å². The molecule has 3 rings (SSSR count). The fraction of sp³-hybridized carbons (Fsp3) is 0.524. The van der Waals surface area contributed by atoms with Crippen LogP contribution in [0, 0.1) is 0 Å². The number of guanidine groups is 1. The lowest BCUT2D eigenvalue weighted by Gasteiger charge is -2.35. The van der Waals surface area contributed by atoms with E-state index in [9.17, 15) is 0 Å². The number of rotatable bonds is 9. The smallest absolute Gasteiger partial charge is 0.191 e. The lowest BCUT2D eigenvalue weighted by Crippen LogP contribution is -2.46. The van der Waals surface area contributed by atoms with Crippen LogP contribution in [-0.4, -0.2) is 69.6 Å². The summed E-state index contributed by atoms with van der Waals surface area (Å²) in [6, 6.07) is 8.02. The largest absolute Gasteiger partial charge is 0.493 e. The van der Waals surface area contributed by atoms with Crippen molar-refractivity contribution in [1.29, 1.82) is 0 Å². The number of aromatic nitrogens is 1. The van der Waals surface area contributed by atoms with Crippen LogP contribution < -0.4 is 20.1 Å². The number of methoxy groups -OCH3 is 2. The molecule has 1 aromatic heterocycles. The number of nitrogens with zero attached hydrogens (tertiary/aromatic N) is 3. The van der Waals surface area contributed by atoms with Crippen LogP contribution in [0.2, 0.25) is 0 Å². The Morgan fingerprint density at radius 2 is 1.97 bits per heavy atom. The highest BCUT2D eigenvalue weighted by Crippen LogP contribution is 2.32. The second-order valence-electron chi connectivity index (χ2n) is 6.85. The molecule has 1 unspecified atom stereocenters. The maximum absolute atomic E-state index is 5.55. The molecule has 2 heterocycles. The minimum absolute atomic E-state index is 0.129.